The lowest BCUT2D eigenvalue weighted by molar-refractivity contribution is -0.129. The minimum absolute atomic E-state index is 0.0879. The average molecular weight is 311 g/mol. The molecule has 0 N–H and O–H groups in total. The molecule has 1 heterocycles. The summed E-state index contributed by atoms with van der Waals surface area (Å²) in [6.07, 6.45) is 0.360. The van der Waals surface area contributed by atoms with Gasteiger partial charge in [-0.1, -0.05) is 30.3 Å². The van der Waals surface area contributed by atoms with Gasteiger partial charge >= 0.3 is 0 Å². The van der Waals surface area contributed by atoms with Crippen LogP contribution in [0, 0.1) is 6.92 Å². The van der Waals surface area contributed by atoms with Crippen LogP contribution in [-0.2, 0) is 17.8 Å². The van der Waals surface area contributed by atoms with E-state index in [4.69, 9.17) is 9.47 Å². The van der Waals surface area contributed by atoms with Crippen molar-refractivity contribution in [2.45, 2.75) is 19.9 Å². The Kier molecular flexibility index (Phi) is 4.51. The maximum absolute atomic E-state index is 12.5. The van der Waals surface area contributed by atoms with Crippen LogP contribution in [0.4, 0.5) is 0 Å². The van der Waals surface area contributed by atoms with E-state index in [1.165, 1.54) is 11.1 Å². The lowest BCUT2D eigenvalue weighted by atomic mass is 10.1. The Morgan fingerprint density at radius 1 is 1.09 bits per heavy atom. The minimum atomic E-state index is 0.0879. The van der Waals surface area contributed by atoms with Gasteiger partial charge in [-0.05, 0) is 35.7 Å². The average Bonchev–Trinajstić information content (AvgIpc) is 2.56. The normalized spacial score (nSPS) is 12.8. The van der Waals surface area contributed by atoms with Crippen LogP contribution >= 0.6 is 0 Å². The van der Waals surface area contributed by atoms with Gasteiger partial charge in [0.15, 0.2) is 11.5 Å². The standard InChI is InChI=1S/C19H21NO3/c1-14-5-3-4-6-16(14)13-20(2)19(21)12-15-7-8-17-18(11-15)23-10-9-22-17/h3-8,11H,9-10,12-13H2,1-2H3. The number of amides is 1. The van der Waals surface area contributed by atoms with Gasteiger partial charge in [0, 0.05) is 13.6 Å². The zero-order valence-corrected chi connectivity index (χ0v) is 13.5. The van der Waals surface area contributed by atoms with E-state index >= 15 is 0 Å². The van der Waals surface area contributed by atoms with Crippen molar-refractivity contribution in [1.82, 2.24) is 4.90 Å². The second-order valence-corrected chi connectivity index (χ2v) is 5.83. The van der Waals surface area contributed by atoms with Gasteiger partial charge in [-0.2, -0.15) is 0 Å². The van der Waals surface area contributed by atoms with Crippen molar-refractivity contribution in [1.29, 1.82) is 0 Å². The van der Waals surface area contributed by atoms with Crippen LogP contribution in [-0.4, -0.2) is 31.1 Å². The fraction of sp³-hybridized carbons (Fsp3) is 0.316. The number of hydrogen-bond acceptors (Lipinski definition) is 3. The molecule has 0 aliphatic carbocycles. The van der Waals surface area contributed by atoms with Crippen LogP contribution in [0.2, 0.25) is 0 Å². The molecule has 1 aliphatic rings. The number of hydrogen-bond donors (Lipinski definition) is 0. The molecule has 0 bridgehead atoms. The van der Waals surface area contributed by atoms with Crippen LogP contribution in [0.5, 0.6) is 11.5 Å². The summed E-state index contributed by atoms with van der Waals surface area (Å²) in [5, 5.41) is 0. The molecule has 2 aromatic carbocycles. The summed E-state index contributed by atoms with van der Waals surface area (Å²) in [6.45, 7) is 3.81. The molecule has 2 aromatic rings. The largest absolute Gasteiger partial charge is 0.486 e. The fourth-order valence-electron chi connectivity index (χ4n) is 2.64. The van der Waals surface area contributed by atoms with E-state index in [1.807, 2.05) is 37.4 Å². The Balaban J connectivity index is 1.65. The van der Waals surface area contributed by atoms with Gasteiger partial charge in [0.2, 0.25) is 5.91 Å². The molecule has 0 radical (unpaired) electrons. The van der Waals surface area contributed by atoms with Crippen molar-refractivity contribution in [2.75, 3.05) is 20.3 Å². The van der Waals surface area contributed by atoms with Crippen molar-refractivity contribution in [2.24, 2.45) is 0 Å². The van der Waals surface area contributed by atoms with Crippen LogP contribution in [0.25, 0.3) is 0 Å². The first-order valence-corrected chi connectivity index (χ1v) is 7.80. The molecule has 3 rings (SSSR count). The quantitative estimate of drug-likeness (QED) is 0.871. The Morgan fingerprint density at radius 2 is 1.83 bits per heavy atom. The summed E-state index contributed by atoms with van der Waals surface area (Å²) < 4.78 is 11.1. The molecule has 0 aromatic heterocycles. The van der Waals surface area contributed by atoms with Gasteiger partial charge in [0.25, 0.3) is 0 Å². The van der Waals surface area contributed by atoms with Gasteiger partial charge in [-0.15, -0.1) is 0 Å². The molecule has 23 heavy (non-hydrogen) atoms. The zero-order chi connectivity index (χ0) is 16.2. The SMILES string of the molecule is Cc1ccccc1CN(C)C(=O)Cc1ccc2c(c1)OCCO2. The van der Waals surface area contributed by atoms with Gasteiger partial charge in [0.05, 0.1) is 6.42 Å². The van der Waals surface area contributed by atoms with Gasteiger partial charge < -0.3 is 14.4 Å². The number of likely N-dealkylation sites (N-methyl/N-ethyl adjacent to an activating group) is 1. The molecular weight excluding hydrogens is 290 g/mol. The van der Waals surface area contributed by atoms with Gasteiger partial charge in [-0.3, -0.25) is 4.79 Å². The third kappa shape index (κ3) is 3.65. The Labute approximate surface area is 136 Å². The number of ether oxygens (including phenoxy) is 2. The van der Waals surface area contributed by atoms with Crippen LogP contribution in [0.3, 0.4) is 0 Å². The van der Waals surface area contributed by atoms with E-state index in [9.17, 15) is 4.79 Å². The summed E-state index contributed by atoms with van der Waals surface area (Å²) in [5.74, 6) is 1.56. The monoisotopic (exact) mass is 311 g/mol. The van der Waals surface area contributed by atoms with Crippen molar-refractivity contribution < 1.29 is 14.3 Å². The Morgan fingerprint density at radius 3 is 2.61 bits per heavy atom. The highest BCUT2D eigenvalue weighted by molar-refractivity contribution is 5.78. The molecule has 1 amide bonds. The number of nitrogens with zero attached hydrogens (tertiary/aromatic N) is 1. The number of rotatable bonds is 4. The van der Waals surface area contributed by atoms with Crippen molar-refractivity contribution in [3.63, 3.8) is 0 Å². The maximum Gasteiger partial charge on any atom is 0.227 e. The van der Waals surface area contributed by atoms with Crippen molar-refractivity contribution in [3.8, 4) is 11.5 Å². The Bertz CT molecular complexity index is 712. The number of benzene rings is 2. The molecule has 0 spiro atoms. The van der Waals surface area contributed by atoms with Crippen LogP contribution < -0.4 is 9.47 Å². The topological polar surface area (TPSA) is 38.8 Å². The lowest BCUT2D eigenvalue weighted by Gasteiger charge is -2.20. The fourth-order valence-corrected chi connectivity index (χ4v) is 2.64. The smallest absolute Gasteiger partial charge is 0.227 e. The maximum atomic E-state index is 12.5. The number of carbonyl (C=O) groups is 1. The highest BCUT2D eigenvalue weighted by atomic mass is 16.6. The second kappa shape index (κ2) is 6.73. The van der Waals surface area contributed by atoms with Crippen molar-refractivity contribution in [3.05, 3.63) is 59.2 Å². The van der Waals surface area contributed by atoms with Gasteiger partial charge in [0.1, 0.15) is 13.2 Å². The number of aryl methyl sites for hydroxylation is 1. The molecule has 0 unspecified atom stereocenters. The third-order valence-corrected chi connectivity index (χ3v) is 4.06. The molecule has 0 atom stereocenters. The molecule has 4 heteroatoms. The molecule has 0 saturated carbocycles. The summed E-state index contributed by atoms with van der Waals surface area (Å²) >= 11 is 0. The highest BCUT2D eigenvalue weighted by Gasteiger charge is 2.15. The molecule has 4 nitrogen and oxygen atoms in total. The Hall–Kier alpha value is -2.49. The van der Waals surface area contributed by atoms with Crippen LogP contribution in [0.1, 0.15) is 16.7 Å². The van der Waals surface area contributed by atoms with E-state index in [2.05, 4.69) is 19.1 Å². The predicted molar refractivity (Wildman–Crippen MR) is 88.8 cm³/mol. The predicted octanol–water partition coefficient (Wildman–Crippen LogP) is 2.97. The molecule has 1 aliphatic heterocycles. The summed E-state index contributed by atoms with van der Waals surface area (Å²) in [4.78, 5) is 14.2. The molecular formula is C19H21NO3. The van der Waals surface area contributed by atoms with E-state index in [-0.39, 0.29) is 5.91 Å². The second-order valence-electron chi connectivity index (χ2n) is 5.83. The summed E-state index contributed by atoms with van der Waals surface area (Å²) in [5.41, 5.74) is 3.31. The molecule has 120 valence electrons. The van der Waals surface area contributed by atoms with E-state index in [1.54, 1.807) is 4.90 Å². The first kappa shape index (κ1) is 15.4. The first-order valence-electron chi connectivity index (χ1n) is 7.80. The first-order chi connectivity index (χ1) is 11.1. The highest BCUT2D eigenvalue weighted by Crippen LogP contribution is 2.31. The number of fused-ring (bicyclic) bond motifs is 1. The third-order valence-electron chi connectivity index (χ3n) is 4.06. The van der Waals surface area contributed by atoms with Crippen LogP contribution in [0.15, 0.2) is 42.5 Å². The van der Waals surface area contributed by atoms with Gasteiger partial charge in [-0.25, -0.2) is 0 Å². The lowest BCUT2D eigenvalue weighted by Crippen LogP contribution is -2.28. The van der Waals surface area contributed by atoms with E-state index in [0.717, 1.165) is 17.1 Å². The molecule has 0 saturated heterocycles. The molecule has 0 fully saturated rings. The minimum Gasteiger partial charge on any atom is -0.486 e. The van der Waals surface area contributed by atoms with E-state index in [0.29, 0.717) is 26.2 Å². The van der Waals surface area contributed by atoms with Crippen molar-refractivity contribution >= 4 is 5.91 Å². The van der Waals surface area contributed by atoms with E-state index < -0.39 is 0 Å². The zero-order valence-electron chi connectivity index (χ0n) is 13.5. The number of carbonyl (C=O) groups excluding carboxylic acids is 1. The summed E-state index contributed by atoms with van der Waals surface area (Å²) in [7, 11) is 1.84. The summed E-state index contributed by atoms with van der Waals surface area (Å²) in [6, 6.07) is 13.8.